The summed E-state index contributed by atoms with van der Waals surface area (Å²) in [7, 11) is 0. The standard InChI is InChI=1S/C40H26N2Se/c1-2-12-29(13-3-1)42-37-16-8-6-14-33(37)34-22-20-32(26-38(34)42)41(30-19-18-27-10-4-5-11-28(27)24-30)31-21-23-40-36(25-31)35-15-7-9-17-39(35)43-40/h1-26H. The van der Waals surface area contributed by atoms with Gasteiger partial charge in [0.25, 0.3) is 0 Å². The monoisotopic (exact) mass is 614 g/mol. The Morgan fingerprint density at radius 3 is 1.93 bits per heavy atom. The van der Waals surface area contributed by atoms with Crippen molar-refractivity contribution in [1.29, 1.82) is 0 Å². The summed E-state index contributed by atoms with van der Waals surface area (Å²) in [6.07, 6.45) is 0. The topological polar surface area (TPSA) is 8.17 Å². The number of rotatable bonds is 4. The molecule has 3 heteroatoms. The first kappa shape index (κ1) is 24.5. The summed E-state index contributed by atoms with van der Waals surface area (Å²) in [5, 5.41) is 7.74. The first-order chi connectivity index (χ1) is 21.3. The molecule has 0 saturated carbocycles. The quantitative estimate of drug-likeness (QED) is 0.179. The van der Waals surface area contributed by atoms with Crippen LogP contribution >= 0.6 is 0 Å². The zero-order chi connectivity index (χ0) is 28.3. The van der Waals surface area contributed by atoms with Crippen LogP contribution in [-0.4, -0.2) is 19.1 Å². The van der Waals surface area contributed by atoms with E-state index >= 15 is 0 Å². The van der Waals surface area contributed by atoms with E-state index in [0.29, 0.717) is 14.5 Å². The van der Waals surface area contributed by atoms with Crippen molar-refractivity contribution in [2.45, 2.75) is 0 Å². The molecule has 2 nitrogen and oxygen atoms in total. The van der Waals surface area contributed by atoms with E-state index in [2.05, 4.69) is 167 Å². The summed E-state index contributed by atoms with van der Waals surface area (Å²) >= 11 is 0.341. The second-order valence-corrected chi connectivity index (χ2v) is 13.3. The van der Waals surface area contributed by atoms with Crippen LogP contribution in [0.1, 0.15) is 0 Å². The van der Waals surface area contributed by atoms with Crippen LogP contribution in [0.15, 0.2) is 158 Å². The number of aromatic nitrogens is 1. The molecule has 0 saturated heterocycles. The molecule has 0 amide bonds. The molecule has 2 aromatic heterocycles. The molecule has 2 heterocycles. The fourth-order valence-electron chi connectivity index (χ4n) is 6.57. The number of hydrogen-bond acceptors (Lipinski definition) is 1. The summed E-state index contributed by atoms with van der Waals surface area (Å²) in [5.74, 6) is 0. The number of para-hydroxylation sites is 2. The van der Waals surface area contributed by atoms with Gasteiger partial charge < -0.3 is 0 Å². The molecule has 0 spiro atoms. The summed E-state index contributed by atoms with van der Waals surface area (Å²) in [5.41, 5.74) is 7.04. The SMILES string of the molecule is c1ccc(-n2c3ccccc3c3ccc(N(c4ccc5ccccc5c4)c4ccc5[se]c6ccccc6c5c4)cc32)cc1. The van der Waals surface area contributed by atoms with Crippen LogP contribution < -0.4 is 4.90 Å². The van der Waals surface area contributed by atoms with Crippen molar-refractivity contribution < 1.29 is 0 Å². The van der Waals surface area contributed by atoms with Gasteiger partial charge in [-0.3, -0.25) is 0 Å². The number of fused-ring (bicyclic) bond motifs is 7. The Morgan fingerprint density at radius 1 is 0.395 bits per heavy atom. The molecule has 0 aliphatic rings. The number of hydrogen-bond donors (Lipinski definition) is 0. The van der Waals surface area contributed by atoms with Crippen LogP contribution in [0.3, 0.4) is 0 Å². The molecule has 0 aliphatic heterocycles. The molecule has 202 valence electrons. The molecule has 0 N–H and O–H groups in total. The molecule has 9 aromatic rings. The fraction of sp³-hybridized carbons (Fsp3) is 0. The van der Waals surface area contributed by atoms with Crippen LogP contribution in [0.5, 0.6) is 0 Å². The maximum absolute atomic E-state index is 2.42. The van der Waals surface area contributed by atoms with Gasteiger partial charge in [-0.2, -0.15) is 0 Å². The second-order valence-electron chi connectivity index (χ2n) is 11.0. The first-order valence-electron chi connectivity index (χ1n) is 14.6. The van der Waals surface area contributed by atoms with E-state index in [9.17, 15) is 0 Å². The summed E-state index contributed by atoms with van der Waals surface area (Å²) in [4.78, 5) is 2.42. The van der Waals surface area contributed by atoms with Crippen molar-refractivity contribution in [2.75, 3.05) is 4.90 Å². The maximum atomic E-state index is 2.42. The van der Waals surface area contributed by atoms with Gasteiger partial charge in [0.1, 0.15) is 0 Å². The Labute approximate surface area is 255 Å². The number of nitrogens with zero attached hydrogens (tertiary/aromatic N) is 2. The van der Waals surface area contributed by atoms with Crippen LogP contribution in [-0.2, 0) is 0 Å². The van der Waals surface area contributed by atoms with E-state index in [0.717, 1.165) is 11.4 Å². The van der Waals surface area contributed by atoms with E-state index in [1.165, 1.54) is 63.2 Å². The van der Waals surface area contributed by atoms with Gasteiger partial charge in [0.15, 0.2) is 0 Å². The van der Waals surface area contributed by atoms with Crippen molar-refractivity contribution in [3.8, 4) is 5.69 Å². The Kier molecular flexibility index (Phi) is 5.55. The van der Waals surface area contributed by atoms with Gasteiger partial charge in [0.2, 0.25) is 0 Å². The molecule has 0 aliphatic carbocycles. The molecule has 0 unspecified atom stereocenters. The van der Waals surface area contributed by atoms with Crippen molar-refractivity contribution in [2.24, 2.45) is 0 Å². The van der Waals surface area contributed by atoms with Crippen molar-refractivity contribution in [3.05, 3.63) is 158 Å². The van der Waals surface area contributed by atoms with Crippen LogP contribution in [0.2, 0.25) is 0 Å². The third-order valence-corrected chi connectivity index (χ3v) is 11.0. The van der Waals surface area contributed by atoms with E-state index in [1.807, 2.05) is 0 Å². The molecule has 7 aromatic carbocycles. The predicted octanol–water partition coefficient (Wildman–Crippen LogP) is 10.8. The number of benzene rings is 7. The molecule has 43 heavy (non-hydrogen) atoms. The van der Waals surface area contributed by atoms with Gasteiger partial charge in [-0.25, -0.2) is 0 Å². The fourth-order valence-corrected chi connectivity index (χ4v) is 8.85. The normalized spacial score (nSPS) is 11.7. The molecular formula is C40H26N2Se. The van der Waals surface area contributed by atoms with Gasteiger partial charge in [0.05, 0.1) is 0 Å². The Hall–Kier alpha value is -5.08. The third kappa shape index (κ3) is 3.94. The average Bonchev–Trinajstić information content (AvgIpc) is 3.60. The minimum atomic E-state index is 0.341. The number of anilines is 3. The van der Waals surface area contributed by atoms with Gasteiger partial charge in [-0.05, 0) is 0 Å². The van der Waals surface area contributed by atoms with Crippen LogP contribution in [0, 0.1) is 0 Å². The minimum absolute atomic E-state index is 0.341. The van der Waals surface area contributed by atoms with Gasteiger partial charge in [0, 0.05) is 0 Å². The molecular weight excluding hydrogens is 587 g/mol. The average molecular weight is 614 g/mol. The Morgan fingerprint density at radius 2 is 1.02 bits per heavy atom. The van der Waals surface area contributed by atoms with Gasteiger partial charge in [-0.1, -0.05) is 6.07 Å². The Bertz CT molecular complexity index is 2470. The van der Waals surface area contributed by atoms with Crippen molar-refractivity contribution in [1.82, 2.24) is 4.57 Å². The first-order valence-corrected chi connectivity index (χ1v) is 16.3. The summed E-state index contributed by atoms with van der Waals surface area (Å²) < 4.78 is 5.32. The van der Waals surface area contributed by atoms with Gasteiger partial charge in [-0.15, -0.1) is 0 Å². The molecule has 0 radical (unpaired) electrons. The molecule has 0 fully saturated rings. The molecule has 0 bridgehead atoms. The predicted molar refractivity (Wildman–Crippen MR) is 185 cm³/mol. The van der Waals surface area contributed by atoms with E-state index in [4.69, 9.17) is 0 Å². The van der Waals surface area contributed by atoms with Crippen molar-refractivity contribution >= 4 is 83.4 Å². The third-order valence-electron chi connectivity index (χ3n) is 8.54. The van der Waals surface area contributed by atoms with E-state index in [-0.39, 0.29) is 0 Å². The zero-order valence-electron chi connectivity index (χ0n) is 23.3. The van der Waals surface area contributed by atoms with Crippen LogP contribution in [0.4, 0.5) is 17.1 Å². The Balaban J connectivity index is 1.33. The van der Waals surface area contributed by atoms with Crippen molar-refractivity contribution in [3.63, 3.8) is 0 Å². The molecule has 9 rings (SSSR count). The van der Waals surface area contributed by atoms with E-state index < -0.39 is 0 Å². The second kappa shape index (κ2) is 9.74. The zero-order valence-corrected chi connectivity index (χ0v) is 25.0. The van der Waals surface area contributed by atoms with Crippen LogP contribution in [0.25, 0.3) is 57.6 Å². The summed E-state index contributed by atoms with van der Waals surface area (Å²) in [6.45, 7) is 0. The summed E-state index contributed by atoms with van der Waals surface area (Å²) in [6, 6.07) is 57.7. The van der Waals surface area contributed by atoms with Gasteiger partial charge >= 0.3 is 250 Å². The van der Waals surface area contributed by atoms with E-state index in [1.54, 1.807) is 0 Å². The molecule has 0 atom stereocenters.